The SMILES string of the molecule is CCOC(=O)[C@H](NC(=O)[C@@H]1CCC(=O)N1)c1cccc(C)c1C. The van der Waals surface area contributed by atoms with Gasteiger partial charge in [-0.25, -0.2) is 4.79 Å². The highest BCUT2D eigenvalue weighted by Gasteiger charge is 2.32. The number of ether oxygens (including phenoxy) is 1. The Bertz CT molecular complexity index is 627. The van der Waals surface area contributed by atoms with E-state index in [2.05, 4.69) is 10.6 Å². The Hall–Kier alpha value is -2.37. The van der Waals surface area contributed by atoms with Gasteiger partial charge in [0.2, 0.25) is 11.8 Å². The Labute approximate surface area is 135 Å². The summed E-state index contributed by atoms with van der Waals surface area (Å²) in [6.45, 7) is 5.80. The maximum absolute atomic E-state index is 12.3. The minimum absolute atomic E-state index is 0.149. The van der Waals surface area contributed by atoms with E-state index >= 15 is 0 Å². The number of esters is 1. The minimum Gasteiger partial charge on any atom is -0.464 e. The van der Waals surface area contributed by atoms with Crippen LogP contribution in [0.1, 0.15) is 42.5 Å². The summed E-state index contributed by atoms with van der Waals surface area (Å²) in [5.74, 6) is -1.02. The van der Waals surface area contributed by atoms with Crippen molar-refractivity contribution in [2.24, 2.45) is 0 Å². The summed E-state index contributed by atoms with van der Waals surface area (Å²) in [5.41, 5.74) is 2.67. The second kappa shape index (κ2) is 7.26. The van der Waals surface area contributed by atoms with Crippen LogP contribution in [0.25, 0.3) is 0 Å². The molecule has 2 rings (SSSR count). The first-order valence-electron chi connectivity index (χ1n) is 7.76. The predicted molar refractivity (Wildman–Crippen MR) is 84.6 cm³/mol. The highest BCUT2D eigenvalue weighted by Crippen LogP contribution is 2.22. The van der Waals surface area contributed by atoms with Crippen molar-refractivity contribution in [2.75, 3.05) is 6.61 Å². The molecule has 2 N–H and O–H groups in total. The fraction of sp³-hybridized carbons (Fsp3) is 0.471. The van der Waals surface area contributed by atoms with Crippen LogP contribution in [-0.2, 0) is 19.1 Å². The summed E-state index contributed by atoms with van der Waals surface area (Å²) >= 11 is 0. The molecule has 6 nitrogen and oxygen atoms in total. The van der Waals surface area contributed by atoms with Gasteiger partial charge in [-0.1, -0.05) is 18.2 Å². The summed E-state index contributed by atoms with van der Waals surface area (Å²) in [6, 6.07) is 4.12. The average molecular weight is 318 g/mol. The molecule has 0 aliphatic carbocycles. The molecule has 1 fully saturated rings. The molecule has 0 saturated carbocycles. The van der Waals surface area contributed by atoms with Gasteiger partial charge < -0.3 is 15.4 Å². The lowest BCUT2D eigenvalue weighted by molar-refractivity contribution is -0.147. The normalized spacial score (nSPS) is 18.2. The van der Waals surface area contributed by atoms with Crippen LogP contribution in [0.3, 0.4) is 0 Å². The lowest BCUT2D eigenvalue weighted by Crippen LogP contribution is -2.45. The maximum Gasteiger partial charge on any atom is 0.333 e. The van der Waals surface area contributed by atoms with Crippen molar-refractivity contribution in [1.29, 1.82) is 0 Å². The Balaban J connectivity index is 2.24. The van der Waals surface area contributed by atoms with Crippen molar-refractivity contribution < 1.29 is 19.1 Å². The monoisotopic (exact) mass is 318 g/mol. The molecule has 1 heterocycles. The second-order valence-electron chi connectivity index (χ2n) is 5.64. The van der Waals surface area contributed by atoms with E-state index in [9.17, 15) is 14.4 Å². The van der Waals surface area contributed by atoms with E-state index in [1.807, 2.05) is 26.0 Å². The van der Waals surface area contributed by atoms with Gasteiger partial charge in [0.1, 0.15) is 6.04 Å². The third-order valence-electron chi connectivity index (χ3n) is 4.08. The molecule has 1 aliphatic heterocycles. The van der Waals surface area contributed by atoms with Gasteiger partial charge in [0.15, 0.2) is 6.04 Å². The molecule has 0 aromatic heterocycles. The van der Waals surface area contributed by atoms with Crippen molar-refractivity contribution in [3.05, 3.63) is 34.9 Å². The van der Waals surface area contributed by atoms with E-state index in [-0.39, 0.29) is 18.4 Å². The number of benzene rings is 1. The molecule has 6 heteroatoms. The van der Waals surface area contributed by atoms with E-state index in [1.165, 1.54) is 0 Å². The van der Waals surface area contributed by atoms with Crippen LogP contribution < -0.4 is 10.6 Å². The largest absolute Gasteiger partial charge is 0.464 e. The van der Waals surface area contributed by atoms with E-state index < -0.39 is 18.1 Å². The van der Waals surface area contributed by atoms with E-state index in [4.69, 9.17) is 4.74 Å². The third-order valence-corrected chi connectivity index (χ3v) is 4.08. The molecule has 2 atom stereocenters. The van der Waals surface area contributed by atoms with Crippen LogP contribution in [0.2, 0.25) is 0 Å². The lowest BCUT2D eigenvalue weighted by Gasteiger charge is -2.22. The highest BCUT2D eigenvalue weighted by molar-refractivity contribution is 5.93. The molecule has 1 aliphatic rings. The van der Waals surface area contributed by atoms with Crippen LogP contribution in [0.5, 0.6) is 0 Å². The van der Waals surface area contributed by atoms with Crippen molar-refractivity contribution in [2.45, 2.75) is 45.7 Å². The number of aryl methyl sites for hydroxylation is 1. The summed E-state index contributed by atoms with van der Waals surface area (Å²) < 4.78 is 5.10. The number of hydrogen-bond acceptors (Lipinski definition) is 4. The van der Waals surface area contributed by atoms with Gasteiger partial charge in [0, 0.05) is 6.42 Å². The van der Waals surface area contributed by atoms with Crippen LogP contribution in [0, 0.1) is 13.8 Å². The summed E-state index contributed by atoms with van der Waals surface area (Å²) in [5, 5.41) is 5.32. The minimum atomic E-state index is -0.875. The van der Waals surface area contributed by atoms with Gasteiger partial charge in [0.25, 0.3) is 0 Å². The maximum atomic E-state index is 12.3. The molecule has 23 heavy (non-hydrogen) atoms. The molecule has 0 spiro atoms. The van der Waals surface area contributed by atoms with Gasteiger partial charge in [0.05, 0.1) is 6.61 Å². The summed E-state index contributed by atoms with van der Waals surface area (Å²) in [6.07, 6.45) is 0.763. The van der Waals surface area contributed by atoms with Crippen LogP contribution in [0.15, 0.2) is 18.2 Å². The molecular formula is C17H22N2O4. The fourth-order valence-electron chi connectivity index (χ4n) is 2.63. The van der Waals surface area contributed by atoms with Gasteiger partial charge in [-0.05, 0) is 43.9 Å². The number of amides is 2. The Kier molecular flexibility index (Phi) is 5.36. The zero-order chi connectivity index (χ0) is 17.0. The highest BCUT2D eigenvalue weighted by atomic mass is 16.5. The molecule has 0 radical (unpaired) electrons. The number of carbonyl (C=O) groups excluding carboxylic acids is 3. The Morgan fingerprint density at radius 1 is 1.39 bits per heavy atom. The molecule has 1 aromatic carbocycles. The van der Waals surface area contributed by atoms with E-state index in [1.54, 1.807) is 13.0 Å². The smallest absolute Gasteiger partial charge is 0.333 e. The van der Waals surface area contributed by atoms with Crippen LogP contribution in [-0.4, -0.2) is 30.4 Å². The molecule has 2 amide bonds. The zero-order valence-electron chi connectivity index (χ0n) is 13.6. The Morgan fingerprint density at radius 3 is 2.74 bits per heavy atom. The fourth-order valence-corrected chi connectivity index (χ4v) is 2.63. The summed E-state index contributed by atoms with van der Waals surface area (Å²) in [4.78, 5) is 35.9. The molecule has 0 unspecified atom stereocenters. The van der Waals surface area contributed by atoms with Gasteiger partial charge in [-0.2, -0.15) is 0 Å². The quantitative estimate of drug-likeness (QED) is 0.802. The van der Waals surface area contributed by atoms with E-state index in [0.29, 0.717) is 18.4 Å². The molecule has 0 bridgehead atoms. The van der Waals surface area contributed by atoms with E-state index in [0.717, 1.165) is 11.1 Å². The molecule has 124 valence electrons. The first-order valence-corrected chi connectivity index (χ1v) is 7.76. The standard InChI is InChI=1S/C17H22N2O4/c1-4-23-17(22)15(12-7-5-6-10(2)11(12)3)19-16(21)13-8-9-14(20)18-13/h5-7,13,15H,4,8-9H2,1-3H3,(H,18,20)(H,19,21)/t13-,15+/m0/s1. The van der Waals surface area contributed by atoms with Crippen molar-refractivity contribution in [3.8, 4) is 0 Å². The first kappa shape index (κ1) is 17.0. The number of nitrogens with one attached hydrogen (secondary N) is 2. The number of rotatable bonds is 5. The second-order valence-corrected chi connectivity index (χ2v) is 5.64. The van der Waals surface area contributed by atoms with Crippen LogP contribution >= 0.6 is 0 Å². The molecule has 1 aromatic rings. The Morgan fingerprint density at radius 2 is 2.13 bits per heavy atom. The molecule has 1 saturated heterocycles. The van der Waals surface area contributed by atoms with Gasteiger partial charge >= 0.3 is 5.97 Å². The van der Waals surface area contributed by atoms with Crippen molar-refractivity contribution in [3.63, 3.8) is 0 Å². The average Bonchev–Trinajstić information content (AvgIpc) is 2.95. The van der Waals surface area contributed by atoms with Gasteiger partial charge in [-0.15, -0.1) is 0 Å². The van der Waals surface area contributed by atoms with Gasteiger partial charge in [-0.3, -0.25) is 9.59 Å². The van der Waals surface area contributed by atoms with Crippen LogP contribution in [0.4, 0.5) is 0 Å². The predicted octanol–water partition coefficient (Wildman–Crippen LogP) is 1.30. The zero-order valence-corrected chi connectivity index (χ0v) is 13.6. The topological polar surface area (TPSA) is 84.5 Å². The number of hydrogen-bond donors (Lipinski definition) is 2. The number of carbonyl (C=O) groups is 3. The van der Waals surface area contributed by atoms with Crippen molar-refractivity contribution in [1.82, 2.24) is 10.6 Å². The van der Waals surface area contributed by atoms with Crippen molar-refractivity contribution >= 4 is 17.8 Å². The summed E-state index contributed by atoms with van der Waals surface area (Å²) in [7, 11) is 0. The third kappa shape index (κ3) is 3.88. The first-order chi connectivity index (χ1) is 10.9. The lowest BCUT2D eigenvalue weighted by atomic mass is 9.97. The molecular weight excluding hydrogens is 296 g/mol.